The zero-order chi connectivity index (χ0) is 12.7. The summed E-state index contributed by atoms with van der Waals surface area (Å²) in [5.74, 6) is 0.312. The number of amides is 1. The summed E-state index contributed by atoms with van der Waals surface area (Å²) in [6.07, 6.45) is 1.42. The Morgan fingerprint density at radius 3 is 2.53 bits per heavy atom. The molecule has 0 saturated carbocycles. The number of nitrogens with one attached hydrogen (secondary N) is 2. The number of hydrogen-bond donors (Lipinski definition) is 3. The third kappa shape index (κ3) is 4.44. The maximum atomic E-state index is 11.1. The summed E-state index contributed by atoms with van der Waals surface area (Å²) in [5.41, 5.74) is 1.13. The molecule has 0 fully saturated rings. The molecular weight excluding hydrogens is 216 g/mol. The number of aromatic hydroxyl groups is 1. The molecule has 0 aliphatic heterocycles. The lowest BCUT2D eigenvalue weighted by Crippen LogP contribution is -2.27. The van der Waals surface area contributed by atoms with E-state index in [2.05, 4.69) is 17.6 Å². The molecule has 1 aromatic carbocycles. The Kier molecular flexibility index (Phi) is 5.49. The van der Waals surface area contributed by atoms with E-state index in [4.69, 9.17) is 0 Å². The minimum absolute atomic E-state index is 0.0399. The molecule has 0 spiro atoms. The van der Waals surface area contributed by atoms with Gasteiger partial charge in [-0.15, -0.1) is 0 Å². The van der Waals surface area contributed by atoms with Crippen molar-refractivity contribution < 1.29 is 9.90 Å². The molecule has 94 valence electrons. The number of hydrogen-bond acceptors (Lipinski definition) is 3. The van der Waals surface area contributed by atoms with Crippen LogP contribution in [-0.2, 0) is 4.79 Å². The van der Waals surface area contributed by atoms with Gasteiger partial charge >= 0.3 is 0 Å². The lowest BCUT2D eigenvalue weighted by atomic mass is 10.0. The van der Waals surface area contributed by atoms with E-state index < -0.39 is 0 Å². The van der Waals surface area contributed by atoms with E-state index in [0.29, 0.717) is 13.0 Å². The van der Waals surface area contributed by atoms with Crippen molar-refractivity contribution in [1.29, 1.82) is 0 Å². The molecule has 1 atom stereocenters. The highest BCUT2D eigenvalue weighted by molar-refractivity contribution is 5.75. The Balaban J connectivity index is 2.48. The van der Waals surface area contributed by atoms with E-state index >= 15 is 0 Å². The van der Waals surface area contributed by atoms with Crippen molar-refractivity contribution in [3.8, 4) is 5.75 Å². The second kappa shape index (κ2) is 6.91. The Morgan fingerprint density at radius 1 is 1.35 bits per heavy atom. The molecule has 0 radical (unpaired) electrons. The first-order valence-electron chi connectivity index (χ1n) is 5.90. The van der Waals surface area contributed by atoms with E-state index in [-0.39, 0.29) is 17.7 Å². The highest BCUT2D eigenvalue weighted by Crippen LogP contribution is 2.19. The molecule has 17 heavy (non-hydrogen) atoms. The third-order valence-electron chi connectivity index (χ3n) is 2.73. The van der Waals surface area contributed by atoms with Crippen LogP contribution in [0.1, 0.15) is 31.4 Å². The zero-order valence-corrected chi connectivity index (χ0v) is 10.4. The standard InChI is InChI=1S/C13H20N2O2/c1-3-12(15-9-8-13(17)14-2)10-4-6-11(16)7-5-10/h4-7,12,15-16H,3,8-9H2,1-2H3,(H,14,17). The van der Waals surface area contributed by atoms with E-state index in [1.54, 1.807) is 19.2 Å². The normalized spacial score (nSPS) is 12.1. The fourth-order valence-electron chi connectivity index (χ4n) is 1.69. The fourth-order valence-corrected chi connectivity index (χ4v) is 1.69. The van der Waals surface area contributed by atoms with Crippen LogP contribution in [0.2, 0.25) is 0 Å². The molecule has 1 unspecified atom stereocenters. The Hall–Kier alpha value is -1.55. The summed E-state index contributed by atoms with van der Waals surface area (Å²) >= 11 is 0. The summed E-state index contributed by atoms with van der Waals surface area (Å²) in [7, 11) is 1.64. The van der Waals surface area contributed by atoms with Gasteiger partial charge in [0.25, 0.3) is 0 Å². The van der Waals surface area contributed by atoms with Crippen LogP contribution in [0.15, 0.2) is 24.3 Å². The van der Waals surface area contributed by atoms with Gasteiger partial charge in [0, 0.05) is 26.1 Å². The number of carbonyl (C=O) groups excluding carboxylic acids is 1. The highest BCUT2D eigenvalue weighted by Gasteiger charge is 2.08. The molecule has 1 amide bonds. The topological polar surface area (TPSA) is 61.4 Å². The van der Waals surface area contributed by atoms with Gasteiger partial charge in [0.1, 0.15) is 5.75 Å². The predicted octanol–water partition coefficient (Wildman–Crippen LogP) is 1.57. The molecule has 1 aromatic rings. The van der Waals surface area contributed by atoms with Crippen LogP contribution in [0.4, 0.5) is 0 Å². The Bertz CT molecular complexity index is 349. The third-order valence-corrected chi connectivity index (χ3v) is 2.73. The number of benzene rings is 1. The van der Waals surface area contributed by atoms with Gasteiger partial charge in [-0.05, 0) is 24.1 Å². The molecule has 0 aromatic heterocycles. The van der Waals surface area contributed by atoms with Crippen molar-refractivity contribution in [1.82, 2.24) is 10.6 Å². The zero-order valence-electron chi connectivity index (χ0n) is 10.4. The van der Waals surface area contributed by atoms with E-state index in [9.17, 15) is 9.90 Å². The second-order valence-corrected chi connectivity index (χ2v) is 3.93. The molecule has 0 bridgehead atoms. The maximum Gasteiger partial charge on any atom is 0.221 e. The van der Waals surface area contributed by atoms with Gasteiger partial charge in [-0.3, -0.25) is 4.79 Å². The minimum Gasteiger partial charge on any atom is -0.508 e. The molecule has 0 saturated heterocycles. The molecule has 4 nitrogen and oxygen atoms in total. The predicted molar refractivity (Wildman–Crippen MR) is 67.8 cm³/mol. The van der Waals surface area contributed by atoms with Crippen LogP contribution >= 0.6 is 0 Å². The van der Waals surface area contributed by atoms with Gasteiger partial charge in [0.2, 0.25) is 5.91 Å². The summed E-state index contributed by atoms with van der Waals surface area (Å²) in [5, 5.41) is 15.1. The summed E-state index contributed by atoms with van der Waals surface area (Å²) in [6.45, 7) is 2.74. The first-order valence-corrected chi connectivity index (χ1v) is 5.90. The van der Waals surface area contributed by atoms with Crippen molar-refractivity contribution in [2.75, 3.05) is 13.6 Å². The lowest BCUT2D eigenvalue weighted by molar-refractivity contribution is -0.120. The fraction of sp³-hybridized carbons (Fsp3) is 0.462. The highest BCUT2D eigenvalue weighted by atomic mass is 16.3. The Labute approximate surface area is 102 Å². The largest absolute Gasteiger partial charge is 0.508 e. The molecule has 0 aliphatic rings. The van der Waals surface area contributed by atoms with Gasteiger partial charge in [0.15, 0.2) is 0 Å². The number of phenolic OH excluding ortho intramolecular Hbond substituents is 1. The van der Waals surface area contributed by atoms with Gasteiger partial charge in [-0.2, -0.15) is 0 Å². The molecule has 0 heterocycles. The van der Waals surface area contributed by atoms with E-state index in [1.807, 2.05) is 12.1 Å². The first-order chi connectivity index (χ1) is 8.17. The van der Waals surface area contributed by atoms with Crippen LogP contribution in [-0.4, -0.2) is 24.6 Å². The monoisotopic (exact) mass is 236 g/mol. The van der Waals surface area contributed by atoms with Crippen LogP contribution in [0.3, 0.4) is 0 Å². The quantitative estimate of drug-likeness (QED) is 0.702. The van der Waals surface area contributed by atoms with Crippen molar-refractivity contribution in [2.24, 2.45) is 0 Å². The smallest absolute Gasteiger partial charge is 0.221 e. The second-order valence-electron chi connectivity index (χ2n) is 3.93. The van der Waals surface area contributed by atoms with Crippen LogP contribution in [0.25, 0.3) is 0 Å². The molecule has 0 aliphatic carbocycles. The van der Waals surface area contributed by atoms with Gasteiger partial charge < -0.3 is 15.7 Å². The average Bonchev–Trinajstić information content (AvgIpc) is 2.35. The number of phenols is 1. The van der Waals surface area contributed by atoms with Crippen LogP contribution < -0.4 is 10.6 Å². The molecule has 3 N–H and O–H groups in total. The maximum absolute atomic E-state index is 11.1. The van der Waals surface area contributed by atoms with Crippen molar-refractivity contribution in [3.05, 3.63) is 29.8 Å². The van der Waals surface area contributed by atoms with Crippen molar-refractivity contribution in [3.63, 3.8) is 0 Å². The Morgan fingerprint density at radius 2 is 2.00 bits per heavy atom. The minimum atomic E-state index is 0.0399. The number of carbonyl (C=O) groups is 1. The van der Waals surface area contributed by atoms with Gasteiger partial charge in [0.05, 0.1) is 0 Å². The van der Waals surface area contributed by atoms with E-state index in [1.165, 1.54) is 0 Å². The van der Waals surface area contributed by atoms with Gasteiger partial charge in [-0.1, -0.05) is 19.1 Å². The molecule has 1 rings (SSSR count). The summed E-state index contributed by atoms with van der Waals surface area (Å²) in [4.78, 5) is 11.1. The summed E-state index contributed by atoms with van der Waals surface area (Å²) < 4.78 is 0. The van der Waals surface area contributed by atoms with Crippen LogP contribution in [0, 0.1) is 0 Å². The molecule has 4 heteroatoms. The lowest BCUT2D eigenvalue weighted by Gasteiger charge is -2.17. The van der Waals surface area contributed by atoms with Gasteiger partial charge in [-0.25, -0.2) is 0 Å². The summed E-state index contributed by atoms with van der Waals surface area (Å²) in [6, 6.07) is 7.38. The number of rotatable bonds is 6. The first kappa shape index (κ1) is 13.5. The molecular formula is C13H20N2O2. The average molecular weight is 236 g/mol. The van der Waals surface area contributed by atoms with Crippen LogP contribution in [0.5, 0.6) is 5.75 Å². The van der Waals surface area contributed by atoms with Crippen molar-refractivity contribution >= 4 is 5.91 Å². The van der Waals surface area contributed by atoms with E-state index in [0.717, 1.165) is 12.0 Å². The van der Waals surface area contributed by atoms with Crippen molar-refractivity contribution in [2.45, 2.75) is 25.8 Å². The SMILES string of the molecule is CCC(NCCC(=O)NC)c1ccc(O)cc1.